The van der Waals surface area contributed by atoms with Crippen LogP contribution in [0.15, 0.2) is 35.1 Å². The molecular formula is C20H16Cl2F2N4O7. The second-order valence-electron chi connectivity index (χ2n) is 6.90. The van der Waals surface area contributed by atoms with Crippen molar-refractivity contribution in [1.29, 1.82) is 0 Å². The van der Waals surface area contributed by atoms with Gasteiger partial charge in [-0.3, -0.25) is 10.1 Å². The predicted octanol–water partition coefficient (Wildman–Crippen LogP) is 4.69. The molecule has 1 atom stereocenters. The van der Waals surface area contributed by atoms with E-state index in [-0.39, 0.29) is 43.4 Å². The third-order valence-corrected chi connectivity index (χ3v) is 5.20. The number of esters is 1. The van der Waals surface area contributed by atoms with Crippen LogP contribution >= 0.6 is 23.2 Å². The minimum Gasteiger partial charge on any atom is -0.479 e. The maximum absolute atomic E-state index is 13.2. The highest BCUT2D eigenvalue weighted by molar-refractivity contribution is 6.36. The summed E-state index contributed by atoms with van der Waals surface area (Å²) in [6.07, 6.45) is -1.03. The fourth-order valence-electron chi connectivity index (χ4n) is 2.95. The van der Waals surface area contributed by atoms with Crippen LogP contribution in [0.3, 0.4) is 0 Å². The van der Waals surface area contributed by atoms with Crippen molar-refractivity contribution in [3.8, 4) is 22.9 Å². The normalized spacial score (nSPS) is 11.9. The van der Waals surface area contributed by atoms with Crippen molar-refractivity contribution in [2.75, 3.05) is 7.11 Å². The van der Waals surface area contributed by atoms with E-state index in [4.69, 9.17) is 32.7 Å². The number of hydrogen-bond donors (Lipinski definition) is 0. The first-order chi connectivity index (χ1) is 16.4. The van der Waals surface area contributed by atoms with Crippen LogP contribution in [0.2, 0.25) is 10.0 Å². The SMILES string of the molecule is COC(=O)C(C)Oc1ccc([N+](=O)[O-])c(Oc2cc(-n3nc(C)n(C(F)F)c3=O)c(Cl)cc2Cl)c1. The van der Waals surface area contributed by atoms with E-state index >= 15 is 0 Å². The van der Waals surface area contributed by atoms with E-state index in [0.29, 0.717) is 4.68 Å². The Morgan fingerprint density at radius 3 is 2.43 bits per heavy atom. The zero-order valence-corrected chi connectivity index (χ0v) is 19.7. The van der Waals surface area contributed by atoms with Gasteiger partial charge in [0.2, 0.25) is 5.75 Å². The van der Waals surface area contributed by atoms with Crippen molar-refractivity contribution >= 4 is 34.9 Å². The first-order valence-corrected chi connectivity index (χ1v) is 10.4. The summed E-state index contributed by atoms with van der Waals surface area (Å²) in [5, 5.41) is 15.1. The Morgan fingerprint density at radius 1 is 1.17 bits per heavy atom. The molecule has 0 aliphatic carbocycles. The molecule has 0 aliphatic rings. The molecule has 15 heteroatoms. The fourth-order valence-corrected chi connectivity index (χ4v) is 3.46. The van der Waals surface area contributed by atoms with Crippen molar-refractivity contribution < 1.29 is 32.7 Å². The van der Waals surface area contributed by atoms with Gasteiger partial charge in [0.25, 0.3) is 0 Å². The van der Waals surface area contributed by atoms with Gasteiger partial charge in [-0.15, -0.1) is 5.10 Å². The molecule has 0 bridgehead atoms. The Hall–Kier alpha value is -3.71. The molecule has 1 aromatic heterocycles. The summed E-state index contributed by atoms with van der Waals surface area (Å²) in [5.41, 5.74) is -1.82. The van der Waals surface area contributed by atoms with E-state index < -0.39 is 34.9 Å². The topological polar surface area (TPSA) is 128 Å². The molecule has 0 N–H and O–H groups in total. The van der Waals surface area contributed by atoms with Gasteiger partial charge in [-0.2, -0.15) is 13.5 Å². The van der Waals surface area contributed by atoms with E-state index in [1.165, 1.54) is 27.0 Å². The van der Waals surface area contributed by atoms with Crippen LogP contribution in [0.1, 0.15) is 19.3 Å². The number of aryl methyl sites for hydroxylation is 1. The third-order valence-electron chi connectivity index (χ3n) is 4.60. The molecule has 186 valence electrons. The van der Waals surface area contributed by atoms with Gasteiger partial charge in [0.05, 0.1) is 27.8 Å². The number of benzene rings is 2. The molecule has 0 aliphatic heterocycles. The number of ether oxygens (including phenoxy) is 3. The van der Waals surface area contributed by atoms with Gasteiger partial charge in [0.15, 0.2) is 6.10 Å². The molecule has 0 fully saturated rings. The first kappa shape index (κ1) is 25.9. The number of methoxy groups -OCH3 is 1. The summed E-state index contributed by atoms with van der Waals surface area (Å²) >= 11 is 12.3. The summed E-state index contributed by atoms with van der Waals surface area (Å²) in [6, 6.07) is 5.74. The molecule has 0 saturated carbocycles. The third kappa shape index (κ3) is 5.35. The fraction of sp³-hybridized carbons (Fsp3) is 0.250. The number of carbonyl (C=O) groups excluding carboxylic acids is 1. The largest absolute Gasteiger partial charge is 0.479 e. The van der Waals surface area contributed by atoms with Crippen molar-refractivity contribution in [2.45, 2.75) is 26.5 Å². The van der Waals surface area contributed by atoms with E-state index in [1.54, 1.807) is 0 Å². The van der Waals surface area contributed by atoms with Crippen LogP contribution in [-0.2, 0) is 9.53 Å². The Bertz CT molecular complexity index is 1360. The lowest BCUT2D eigenvalue weighted by Gasteiger charge is -2.14. The van der Waals surface area contributed by atoms with E-state index in [2.05, 4.69) is 9.84 Å². The van der Waals surface area contributed by atoms with Crippen LogP contribution in [0.5, 0.6) is 17.2 Å². The lowest BCUT2D eigenvalue weighted by molar-refractivity contribution is -0.385. The van der Waals surface area contributed by atoms with Gasteiger partial charge < -0.3 is 14.2 Å². The van der Waals surface area contributed by atoms with Crippen molar-refractivity contribution in [2.24, 2.45) is 0 Å². The number of aromatic nitrogens is 3. The minimum atomic E-state index is -3.14. The smallest absolute Gasteiger partial charge is 0.355 e. The Labute approximate surface area is 205 Å². The number of nitro groups is 1. The molecule has 0 spiro atoms. The molecule has 0 amide bonds. The number of carbonyl (C=O) groups is 1. The summed E-state index contributed by atoms with van der Waals surface area (Å²) in [5.74, 6) is -1.46. The lowest BCUT2D eigenvalue weighted by Crippen LogP contribution is -2.25. The molecule has 1 unspecified atom stereocenters. The highest BCUT2D eigenvalue weighted by atomic mass is 35.5. The first-order valence-electron chi connectivity index (χ1n) is 9.61. The van der Waals surface area contributed by atoms with Gasteiger partial charge in [-0.1, -0.05) is 23.2 Å². The van der Waals surface area contributed by atoms with Gasteiger partial charge in [-0.25, -0.2) is 14.2 Å². The Kier molecular flexibility index (Phi) is 7.60. The van der Waals surface area contributed by atoms with E-state index in [1.807, 2.05) is 0 Å². The molecule has 0 radical (unpaired) electrons. The molecule has 0 saturated heterocycles. The molecule has 3 aromatic rings. The number of alkyl halides is 2. The highest BCUT2D eigenvalue weighted by Gasteiger charge is 2.24. The monoisotopic (exact) mass is 532 g/mol. The highest BCUT2D eigenvalue weighted by Crippen LogP contribution is 2.40. The molecule has 11 nitrogen and oxygen atoms in total. The van der Waals surface area contributed by atoms with Crippen molar-refractivity contribution in [1.82, 2.24) is 14.3 Å². The number of rotatable bonds is 8. The zero-order valence-electron chi connectivity index (χ0n) is 18.2. The van der Waals surface area contributed by atoms with Crippen LogP contribution in [-0.4, -0.2) is 38.5 Å². The molecular weight excluding hydrogens is 517 g/mol. The van der Waals surface area contributed by atoms with Crippen LogP contribution in [0.4, 0.5) is 14.5 Å². The molecule has 1 heterocycles. The average molecular weight is 533 g/mol. The van der Waals surface area contributed by atoms with Gasteiger partial charge in [-0.05, 0) is 26.0 Å². The van der Waals surface area contributed by atoms with Crippen LogP contribution in [0, 0.1) is 17.0 Å². The number of nitrogens with zero attached hydrogens (tertiary/aromatic N) is 4. The summed E-state index contributed by atoms with van der Waals surface area (Å²) < 4.78 is 42.8. The number of halogens is 4. The van der Waals surface area contributed by atoms with Gasteiger partial charge in [0, 0.05) is 18.2 Å². The predicted molar refractivity (Wildman–Crippen MR) is 119 cm³/mol. The second kappa shape index (κ2) is 10.3. The standard InChI is InChI=1S/C20H16Cl2F2N4O7/c1-9(18(29)33-3)34-11-4-5-14(28(31)32)17(6-11)35-16-8-15(12(21)7-13(16)22)27-20(30)26(19(23)24)10(2)25-27/h4-9,19H,1-3H3. The lowest BCUT2D eigenvalue weighted by atomic mass is 10.2. The average Bonchev–Trinajstić information content (AvgIpc) is 3.08. The summed E-state index contributed by atoms with van der Waals surface area (Å²) in [7, 11) is 1.17. The minimum absolute atomic E-state index is 0.0383. The van der Waals surface area contributed by atoms with E-state index in [9.17, 15) is 28.5 Å². The maximum atomic E-state index is 13.2. The van der Waals surface area contributed by atoms with Gasteiger partial charge >= 0.3 is 23.9 Å². The van der Waals surface area contributed by atoms with Crippen LogP contribution < -0.4 is 15.2 Å². The summed E-state index contributed by atoms with van der Waals surface area (Å²) in [4.78, 5) is 34.8. The molecule has 2 aromatic carbocycles. The zero-order chi connectivity index (χ0) is 26.0. The Morgan fingerprint density at radius 2 is 1.86 bits per heavy atom. The number of hydrogen-bond acceptors (Lipinski definition) is 8. The van der Waals surface area contributed by atoms with Crippen LogP contribution in [0.25, 0.3) is 5.69 Å². The maximum Gasteiger partial charge on any atom is 0.355 e. The molecule has 35 heavy (non-hydrogen) atoms. The molecule has 3 rings (SSSR count). The second-order valence-corrected chi connectivity index (χ2v) is 7.71. The number of nitro benzene ring substituents is 1. The van der Waals surface area contributed by atoms with Crippen molar-refractivity contribution in [3.05, 3.63) is 66.8 Å². The van der Waals surface area contributed by atoms with Gasteiger partial charge in [0.1, 0.15) is 17.3 Å². The van der Waals surface area contributed by atoms with Crippen molar-refractivity contribution in [3.63, 3.8) is 0 Å². The Balaban J connectivity index is 2.07. The quantitative estimate of drug-likeness (QED) is 0.232. The van der Waals surface area contributed by atoms with E-state index in [0.717, 1.165) is 24.3 Å². The summed E-state index contributed by atoms with van der Waals surface area (Å²) in [6.45, 7) is -0.528.